The molecule has 0 amide bonds. The van der Waals surface area contributed by atoms with Gasteiger partial charge in [0.15, 0.2) is 0 Å². The number of benzene rings is 1. The molecule has 0 spiro atoms. The zero-order valence-corrected chi connectivity index (χ0v) is 13.0. The molecule has 0 aliphatic rings. The van der Waals surface area contributed by atoms with Gasteiger partial charge >= 0.3 is 0 Å². The monoisotopic (exact) mass is 247 g/mol. The van der Waals surface area contributed by atoms with E-state index in [1.807, 2.05) is 0 Å². The van der Waals surface area contributed by atoms with Gasteiger partial charge in [0.1, 0.15) is 0 Å². The topological polar surface area (TPSA) is 12.0 Å². The maximum absolute atomic E-state index is 3.51. The van der Waals surface area contributed by atoms with Crippen LogP contribution in [0, 0.1) is 27.7 Å². The van der Waals surface area contributed by atoms with Gasteiger partial charge in [-0.2, -0.15) is 0 Å². The van der Waals surface area contributed by atoms with Crippen LogP contribution in [0.25, 0.3) is 0 Å². The van der Waals surface area contributed by atoms with Gasteiger partial charge in [0.25, 0.3) is 0 Å². The quantitative estimate of drug-likeness (QED) is 0.715. The summed E-state index contributed by atoms with van der Waals surface area (Å²) in [6.07, 6.45) is 5.19. The van der Waals surface area contributed by atoms with Crippen LogP contribution in [-0.2, 0) is 0 Å². The van der Waals surface area contributed by atoms with Crippen LogP contribution in [0.1, 0.15) is 66.5 Å². The Morgan fingerprint density at radius 2 is 1.56 bits per heavy atom. The molecule has 0 fully saturated rings. The molecule has 0 radical (unpaired) electrons. The van der Waals surface area contributed by atoms with Crippen LogP contribution in [0.15, 0.2) is 6.07 Å². The second kappa shape index (κ2) is 6.94. The van der Waals surface area contributed by atoms with Gasteiger partial charge in [0, 0.05) is 6.04 Å². The lowest BCUT2D eigenvalue weighted by molar-refractivity contribution is 0.507. The Morgan fingerprint density at radius 1 is 1.00 bits per heavy atom. The minimum absolute atomic E-state index is 0.509. The second-order valence-corrected chi connectivity index (χ2v) is 5.51. The summed E-state index contributed by atoms with van der Waals surface area (Å²) in [5, 5.41) is 3.51. The van der Waals surface area contributed by atoms with Crippen LogP contribution < -0.4 is 5.32 Å². The van der Waals surface area contributed by atoms with Crippen molar-refractivity contribution in [1.29, 1.82) is 0 Å². The summed E-state index contributed by atoms with van der Waals surface area (Å²) in [5.41, 5.74) is 7.31. The minimum atomic E-state index is 0.509. The smallest absolute Gasteiger partial charge is 0.0322 e. The highest BCUT2D eigenvalue weighted by Gasteiger charge is 2.16. The first-order valence-corrected chi connectivity index (χ1v) is 7.27. The van der Waals surface area contributed by atoms with Crippen molar-refractivity contribution in [2.75, 3.05) is 7.05 Å². The van der Waals surface area contributed by atoms with Gasteiger partial charge in [-0.15, -0.1) is 0 Å². The average molecular weight is 247 g/mol. The summed E-state index contributed by atoms with van der Waals surface area (Å²) in [5.74, 6) is 0. The van der Waals surface area contributed by atoms with Gasteiger partial charge in [0.05, 0.1) is 0 Å². The second-order valence-electron chi connectivity index (χ2n) is 5.51. The molecular weight excluding hydrogens is 218 g/mol. The van der Waals surface area contributed by atoms with Gasteiger partial charge in [-0.1, -0.05) is 32.3 Å². The molecule has 1 atom stereocenters. The van der Waals surface area contributed by atoms with E-state index in [1.165, 1.54) is 53.5 Å². The van der Waals surface area contributed by atoms with Crippen LogP contribution in [0.5, 0.6) is 0 Å². The predicted octanol–water partition coefficient (Wildman–Crippen LogP) is 4.76. The van der Waals surface area contributed by atoms with E-state index in [0.29, 0.717) is 6.04 Å². The Morgan fingerprint density at radius 3 is 2.00 bits per heavy atom. The third-order valence-electron chi connectivity index (χ3n) is 4.22. The van der Waals surface area contributed by atoms with Crippen LogP contribution in [0.3, 0.4) is 0 Å². The summed E-state index contributed by atoms with van der Waals surface area (Å²) in [6.45, 7) is 11.2. The molecule has 18 heavy (non-hydrogen) atoms. The summed E-state index contributed by atoms with van der Waals surface area (Å²) in [6, 6.07) is 2.82. The van der Waals surface area contributed by atoms with Crippen molar-refractivity contribution in [2.24, 2.45) is 0 Å². The van der Waals surface area contributed by atoms with Gasteiger partial charge < -0.3 is 5.32 Å². The van der Waals surface area contributed by atoms with E-state index >= 15 is 0 Å². The molecular formula is C17H29N. The molecule has 0 bridgehead atoms. The number of hydrogen-bond acceptors (Lipinski definition) is 1. The van der Waals surface area contributed by atoms with E-state index < -0.39 is 0 Å². The highest BCUT2D eigenvalue weighted by Crippen LogP contribution is 2.30. The number of nitrogens with one attached hydrogen (secondary N) is 1. The highest BCUT2D eigenvalue weighted by atomic mass is 14.9. The lowest BCUT2D eigenvalue weighted by Gasteiger charge is -2.24. The molecule has 0 aliphatic heterocycles. The Kier molecular flexibility index (Phi) is 5.87. The van der Waals surface area contributed by atoms with Crippen LogP contribution >= 0.6 is 0 Å². The maximum atomic E-state index is 3.51. The molecule has 1 heteroatoms. The van der Waals surface area contributed by atoms with E-state index in [-0.39, 0.29) is 0 Å². The van der Waals surface area contributed by atoms with Crippen molar-refractivity contribution < 1.29 is 0 Å². The van der Waals surface area contributed by atoms with Gasteiger partial charge in [-0.05, 0) is 69.0 Å². The third-order valence-corrected chi connectivity index (χ3v) is 4.22. The first-order chi connectivity index (χ1) is 8.52. The fourth-order valence-electron chi connectivity index (χ4n) is 2.80. The third kappa shape index (κ3) is 3.35. The lowest BCUT2D eigenvalue weighted by Crippen LogP contribution is -2.19. The first kappa shape index (κ1) is 15.2. The fraction of sp³-hybridized carbons (Fsp3) is 0.647. The molecule has 0 saturated carbocycles. The molecule has 0 heterocycles. The molecule has 1 rings (SSSR count). The molecule has 1 N–H and O–H groups in total. The van der Waals surface area contributed by atoms with Crippen LogP contribution in [0.4, 0.5) is 0 Å². The molecule has 102 valence electrons. The van der Waals surface area contributed by atoms with Crippen LogP contribution in [-0.4, -0.2) is 7.05 Å². The van der Waals surface area contributed by atoms with Gasteiger partial charge in [-0.3, -0.25) is 0 Å². The summed E-state index contributed by atoms with van der Waals surface area (Å²) >= 11 is 0. The standard InChI is InChI=1S/C17H29N/c1-7-8-9-10-16(18-6)17-14(4)12(2)11-13(3)15(17)5/h11,16,18H,7-10H2,1-6H3. The summed E-state index contributed by atoms with van der Waals surface area (Å²) in [4.78, 5) is 0. The Hall–Kier alpha value is -0.820. The minimum Gasteiger partial charge on any atom is -0.313 e. The van der Waals surface area contributed by atoms with Crippen molar-refractivity contribution in [3.05, 3.63) is 33.9 Å². The van der Waals surface area contributed by atoms with E-state index in [2.05, 4.69) is 53.0 Å². The molecule has 1 aromatic carbocycles. The molecule has 0 aromatic heterocycles. The molecule has 0 aliphatic carbocycles. The average Bonchev–Trinajstić information content (AvgIpc) is 2.35. The number of aryl methyl sites for hydroxylation is 2. The summed E-state index contributed by atoms with van der Waals surface area (Å²) < 4.78 is 0. The highest BCUT2D eigenvalue weighted by molar-refractivity contribution is 5.45. The van der Waals surface area contributed by atoms with E-state index in [1.54, 1.807) is 0 Å². The molecule has 0 saturated heterocycles. The van der Waals surface area contributed by atoms with Crippen molar-refractivity contribution in [2.45, 2.75) is 66.3 Å². The van der Waals surface area contributed by atoms with E-state index in [9.17, 15) is 0 Å². The zero-order chi connectivity index (χ0) is 13.7. The first-order valence-electron chi connectivity index (χ1n) is 7.27. The maximum Gasteiger partial charge on any atom is 0.0322 e. The van der Waals surface area contributed by atoms with Crippen molar-refractivity contribution in [3.63, 3.8) is 0 Å². The largest absolute Gasteiger partial charge is 0.313 e. The number of rotatable bonds is 6. The lowest BCUT2D eigenvalue weighted by atomic mass is 9.87. The van der Waals surface area contributed by atoms with Crippen molar-refractivity contribution in [3.8, 4) is 0 Å². The Bertz CT molecular complexity index is 367. The van der Waals surface area contributed by atoms with E-state index in [4.69, 9.17) is 0 Å². The number of unbranched alkanes of at least 4 members (excludes halogenated alkanes) is 2. The van der Waals surface area contributed by atoms with Gasteiger partial charge in [0.2, 0.25) is 0 Å². The molecule has 1 nitrogen and oxygen atoms in total. The van der Waals surface area contributed by atoms with Gasteiger partial charge in [-0.25, -0.2) is 0 Å². The van der Waals surface area contributed by atoms with Crippen LogP contribution in [0.2, 0.25) is 0 Å². The Labute approximate surface area is 113 Å². The molecule has 1 unspecified atom stereocenters. The Balaban J connectivity index is 3.04. The predicted molar refractivity (Wildman–Crippen MR) is 81.3 cm³/mol. The van der Waals surface area contributed by atoms with Crippen molar-refractivity contribution in [1.82, 2.24) is 5.32 Å². The SMILES string of the molecule is CCCCCC(NC)c1c(C)c(C)cc(C)c1C. The fourth-order valence-corrected chi connectivity index (χ4v) is 2.80. The van der Waals surface area contributed by atoms with Crippen molar-refractivity contribution >= 4 is 0 Å². The zero-order valence-electron chi connectivity index (χ0n) is 13.0. The number of hydrogen-bond donors (Lipinski definition) is 1. The molecule has 1 aromatic rings. The normalized spacial score (nSPS) is 12.8. The summed E-state index contributed by atoms with van der Waals surface area (Å²) in [7, 11) is 2.09. The van der Waals surface area contributed by atoms with E-state index in [0.717, 1.165) is 0 Å².